The number of anilines is 1. The lowest BCUT2D eigenvalue weighted by atomic mass is 9.89. The van der Waals surface area contributed by atoms with Crippen LogP contribution in [0.5, 0.6) is 0 Å². The molecule has 0 saturated carbocycles. The van der Waals surface area contributed by atoms with E-state index < -0.39 is 5.60 Å². The summed E-state index contributed by atoms with van der Waals surface area (Å²) in [5.41, 5.74) is 6.51. The van der Waals surface area contributed by atoms with Crippen LogP contribution in [0, 0.1) is 3.57 Å². The van der Waals surface area contributed by atoms with Crippen molar-refractivity contribution in [3.63, 3.8) is 0 Å². The molecule has 112 valence electrons. The van der Waals surface area contributed by atoms with Crippen LogP contribution in [-0.4, -0.2) is 30.3 Å². The first-order valence-electron chi connectivity index (χ1n) is 6.77. The number of hydrogen-bond acceptors (Lipinski definition) is 5. The molecule has 0 atom stereocenters. The second-order valence-corrected chi connectivity index (χ2v) is 7.23. The lowest BCUT2D eigenvalue weighted by Crippen LogP contribution is -2.38. The number of nitrogens with two attached hydrogens (primary N) is 1. The standard InChI is InChI=1S/C14H22IN3O2/c1-13(2,3)10-9(15)11(16)18-12(17-10)14(19-4)5-7-20-8-6-14/h5-8H2,1-4H3,(H2,16,17,18). The Labute approximate surface area is 133 Å². The van der Waals surface area contributed by atoms with E-state index in [1.165, 1.54) is 0 Å². The number of aromatic nitrogens is 2. The molecule has 2 heterocycles. The van der Waals surface area contributed by atoms with E-state index in [0.29, 0.717) is 24.9 Å². The number of hydrogen-bond donors (Lipinski definition) is 1. The smallest absolute Gasteiger partial charge is 0.163 e. The van der Waals surface area contributed by atoms with Crippen LogP contribution in [0.3, 0.4) is 0 Å². The Morgan fingerprint density at radius 1 is 1.25 bits per heavy atom. The zero-order valence-electron chi connectivity index (χ0n) is 12.5. The Morgan fingerprint density at radius 2 is 1.85 bits per heavy atom. The van der Waals surface area contributed by atoms with Crippen molar-refractivity contribution in [1.29, 1.82) is 0 Å². The first-order chi connectivity index (χ1) is 9.30. The third-order valence-electron chi connectivity index (χ3n) is 3.69. The van der Waals surface area contributed by atoms with E-state index in [9.17, 15) is 0 Å². The van der Waals surface area contributed by atoms with E-state index in [1.54, 1.807) is 7.11 Å². The van der Waals surface area contributed by atoms with Gasteiger partial charge in [-0.1, -0.05) is 20.8 Å². The van der Waals surface area contributed by atoms with Crippen molar-refractivity contribution in [2.45, 2.75) is 44.6 Å². The highest BCUT2D eigenvalue weighted by Gasteiger charge is 2.39. The van der Waals surface area contributed by atoms with E-state index in [1.807, 2.05) is 0 Å². The average Bonchev–Trinajstić information content (AvgIpc) is 2.41. The van der Waals surface area contributed by atoms with Crippen molar-refractivity contribution < 1.29 is 9.47 Å². The molecule has 1 aromatic heterocycles. The Morgan fingerprint density at radius 3 is 2.35 bits per heavy atom. The molecule has 2 N–H and O–H groups in total. The molecule has 1 fully saturated rings. The monoisotopic (exact) mass is 391 g/mol. The van der Waals surface area contributed by atoms with Crippen LogP contribution in [0.15, 0.2) is 0 Å². The van der Waals surface area contributed by atoms with Gasteiger partial charge in [0.05, 0.1) is 9.26 Å². The molecule has 1 aliphatic heterocycles. The fourth-order valence-corrected chi connectivity index (χ4v) is 3.44. The normalized spacial score (nSPS) is 19.1. The second-order valence-electron chi connectivity index (χ2n) is 6.16. The molecule has 6 heteroatoms. The van der Waals surface area contributed by atoms with Crippen molar-refractivity contribution in [2.75, 3.05) is 26.1 Å². The van der Waals surface area contributed by atoms with Gasteiger partial charge in [0.25, 0.3) is 0 Å². The van der Waals surface area contributed by atoms with E-state index in [4.69, 9.17) is 20.2 Å². The van der Waals surface area contributed by atoms with Crippen LogP contribution in [0.1, 0.15) is 45.1 Å². The van der Waals surface area contributed by atoms with Crippen LogP contribution >= 0.6 is 22.6 Å². The van der Waals surface area contributed by atoms with Crippen LogP contribution in [0.4, 0.5) is 5.82 Å². The fourth-order valence-electron chi connectivity index (χ4n) is 2.39. The maximum atomic E-state index is 6.09. The lowest BCUT2D eigenvalue weighted by Gasteiger charge is -2.35. The quantitative estimate of drug-likeness (QED) is 0.785. The minimum atomic E-state index is -0.475. The lowest BCUT2D eigenvalue weighted by molar-refractivity contribution is -0.100. The minimum absolute atomic E-state index is 0.0809. The van der Waals surface area contributed by atoms with Gasteiger partial charge < -0.3 is 15.2 Å². The molecule has 1 saturated heterocycles. The molecule has 2 rings (SSSR count). The summed E-state index contributed by atoms with van der Waals surface area (Å²) in [7, 11) is 1.71. The van der Waals surface area contributed by atoms with Gasteiger partial charge in [0.15, 0.2) is 5.82 Å². The number of halogens is 1. The summed E-state index contributed by atoms with van der Waals surface area (Å²) < 4.78 is 12.1. The largest absolute Gasteiger partial charge is 0.383 e. The van der Waals surface area contributed by atoms with Gasteiger partial charge in [-0.2, -0.15) is 0 Å². The van der Waals surface area contributed by atoms with Gasteiger partial charge >= 0.3 is 0 Å². The van der Waals surface area contributed by atoms with Crippen molar-refractivity contribution in [3.05, 3.63) is 15.1 Å². The average molecular weight is 391 g/mol. The Balaban J connectivity index is 2.54. The third kappa shape index (κ3) is 2.92. The molecule has 1 aromatic rings. The van der Waals surface area contributed by atoms with Crippen LogP contribution in [0.2, 0.25) is 0 Å². The Hall–Kier alpha value is -0.470. The maximum Gasteiger partial charge on any atom is 0.163 e. The number of methoxy groups -OCH3 is 1. The number of nitrogen functional groups attached to an aromatic ring is 1. The molecule has 0 radical (unpaired) electrons. The SMILES string of the molecule is COC1(c2nc(N)c(I)c(C(C)(C)C)n2)CCOCC1. The van der Waals surface area contributed by atoms with Gasteiger partial charge in [0.2, 0.25) is 0 Å². The summed E-state index contributed by atoms with van der Waals surface area (Å²) in [6, 6.07) is 0. The Kier molecular flexibility index (Phi) is 4.56. The van der Waals surface area contributed by atoms with Crippen LogP contribution < -0.4 is 5.73 Å². The van der Waals surface area contributed by atoms with Gasteiger partial charge in [0, 0.05) is 38.6 Å². The van der Waals surface area contributed by atoms with E-state index in [-0.39, 0.29) is 5.41 Å². The number of nitrogens with zero attached hydrogens (tertiary/aromatic N) is 2. The summed E-state index contributed by atoms with van der Waals surface area (Å²) >= 11 is 2.22. The van der Waals surface area contributed by atoms with Crippen LogP contribution in [-0.2, 0) is 20.5 Å². The summed E-state index contributed by atoms with van der Waals surface area (Å²) in [5.74, 6) is 1.22. The predicted molar refractivity (Wildman–Crippen MR) is 86.6 cm³/mol. The molecule has 0 unspecified atom stereocenters. The summed E-state index contributed by atoms with van der Waals surface area (Å²) in [6.45, 7) is 7.71. The zero-order chi connectivity index (χ0) is 15.0. The van der Waals surface area contributed by atoms with Gasteiger partial charge in [-0.25, -0.2) is 9.97 Å². The van der Waals surface area contributed by atoms with E-state index in [0.717, 1.165) is 22.1 Å². The predicted octanol–water partition coefficient (Wildman–Crippen LogP) is 2.61. The molecule has 0 aliphatic carbocycles. The Bertz CT molecular complexity index is 494. The number of ether oxygens (including phenoxy) is 2. The van der Waals surface area contributed by atoms with Crippen molar-refractivity contribution in [1.82, 2.24) is 9.97 Å². The summed E-state index contributed by atoms with van der Waals surface area (Å²) in [4.78, 5) is 9.28. The minimum Gasteiger partial charge on any atom is -0.383 e. The van der Waals surface area contributed by atoms with E-state index in [2.05, 4.69) is 48.3 Å². The van der Waals surface area contributed by atoms with Gasteiger partial charge in [-0.05, 0) is 22.6 Å². The number of rotatable bonds is 2. The molecule has 0 amide bonds. The highest BCUT2D eigenvalue weighted by Crippen LogP contribution is 2.36. The maximum absolute atomic E-state index is 6.09. The molecular formula is C14H22IN3O2. The van der Waals surface area contributed by atoms with Crippen molar-refractivity contribution >= 4 is 28.4 Å². The zero-order valence-corrected chi connectivity index (χ0v) is 14.7. The van der Waals surface area contributed by atoms with E-state index >= 15 is 0 Å². The highest BCUT2D eigenvalue weighted by atomic mass is 127. The first kappa shape index (κ1) is 15.9. The van der Waals surface area contributed by atoms with Crippen LogP contribution in [0.25, 0.3) is 0 Å². The van der Waals surface area contributed by atoms with Gasteiger partial charge in [0.1, 0.15) is 11.4 Å². The summed E-state index contributed by atoms with van der Waals surface area (Å²) in [5, 5.41) is 0. The second kappa shape index (κ2) is 5.73. The highest BCUT2D eigenvalue weighted by molar-refractivity contribution is 14.1. The molecule has 5 nitrogen and oxygen atoms in total. The van der Waals surface area contributed by atoms with Gasteiger partial charge in [-0.3, -0.25) is 0 Å². The first-order valence-corrected chi connectivity index (χ1v) is 7.85. The molecule has 0 bridgehead atoms. The fraction of sp³-hybridized carbons (Fsp3) is 0.714. The van der Waals surface area contributed by atoms with Gasteiger partial charge in [-0.15, -0.1) is 0 Å². The molecular weight excluding hydrogens is 369 g/mol. The van der Waals surface area contributed by atoms with Crippen molar-refractivity contribution in [2.24, 2.45) is 0 Å². The molecule has 1 aliphatic rings. The third-order valence-corrected chi connectivity index (χ3v) is 4.75. The summed E-state index contributed by atoms with van der Waals surface area (Å²) in [6.07, 6.45) is 1.51. The molecule has 20 heavy (non-hydrogen) atoms. The molecule has 0 aromatic carbocycles. The molecule has 0 spiro atoms. The topological polar surface area (TPSA) is 70.3 Å². The van der Waals surface area contributed by atoms with Crippen molar-refractivity contribution in [3.8, 4) is 0 Å².